The molecule has 1 aromatic heterocycles. The van der Waals surface area contributed by atoms with Crippen LogP contribution in [0, 0.1) is 0 Å². The third kappa shape index (κ3) is 3.98. The Morgan fingerprint density at radius 3 is 2.85 bits per heavy atom. The molecule has 7 heteroatoms. The molecule has 1 heterocycles. The van der Waals surface area contributed by atoms with Crippen LogP contribution in [0.5, 0.6) is 11.6 Å². The number of nitrogens with one attached hydrogen (secondary N) is 1. The molecule has 0 amide bonds. The highest BCUT2D eigenvalue weighted by Crippen LogP contribution is 2.34. The first-order chi connectivity index (χ1) is 9.60. The summed E-state index contributed by atoms with van der Waals surface area (Å²) in [5.74, 6) is 1.21. The fourth-order valence-electron chi connectivity index (χ4n) is 1.40. The number of nitrogens with zero attached hydrogens (tertiary/aromatic N) is 2. The van der Waals surface area contributed by atoms with Crippen molar-refractivity contribution in [2.45, 2.75) is 13.3 Å². The van der Waals surface area contributed by atoms with Gasteiger partial charge in [-0.05, 0) is 24.6 Å². The van der Waals surface area contributed by atoms with Crippen molar-refractivity contribution >= 4 is 45.1 Å². The third-order valence-electron chi connectivity index (χ3n) is 2.34. The maximum Gasteiger partial charge on any atom is 0.243 e. The average molecular weight is 377 g/mol. The van der Waals surface area contributed by atoms with Crippen LogP contribution in [0.1, 0.15) is 13.3 Å². The van der Waals surface area contributed by atoms with Crippen LogP contribution in [0.15, 0.2) is 28.9 Å². The van der Waals surface area contributed by atoms with E-state index < -0.39 is 0 Å². The molecule has 2 aromatic rings. The molecule has 106 valence electrons. The van der Waals surface area contributed by atoms with E-state index in [1.165, 1.54) is 6.20 Å². The normalized spacial score (nSPS) is 10.4. The van der Waals surface area contributed by atoms with Crippen LogP contribution in [-0.4, -0.2) is 16.5 Å². The Morgan fingerprint density at radius 1 is 1.30 bits per heavy atom. The van der Waals surface area contributed by atoms with Gasteiger partial charge in [-0.15, -0.1) is 0 Å². The summed E-state index contributed by atoms with van der Waals surface area (Å²) in [4.78, 5) is 8.31. The van der Waals surface area contributed by atoms with E-state index in [0.717, 1.165) is 17.4 Å². The van der Waals surface area contributed by atoms with Crippen LogP contribution in [0.4, 0.5) is 5.95 Å². The molecule has 4 nitrogen and oxygen atoms in total. The van der Waals surface area contributed by atoms with Crippen molar-refractivity contribution in [1.82, 2.24) is 9.97 Å². The molecule has 0 spiro atoms. The van der Waals surface area contributed by atoms with E-state index in [1.54, 1.807) is 12.1 Å². The summed E-state index contributed by atoms with van der Waals surface area (Å²) in [7, 11) is 0. The van der Waals surface area contributed by atoms with E-state index in [0.29, 0.717) is 21.7 Å². The highest BCUT2D eigenvalue weighted by molar-refractivity contribution is 9.10. The second kappa shape index (κ2) is 7.11. The molecule has 0 aliphatic carbocycles. The fraction of sp³-hybridized carbons (Fsp3) is 0.231. The topological polar surface area (TPSA) is 47.0 Å². The number of anilines is 1. The van der Waals surface area contributed by atoms with Gasteiger partial charge in [-0.1, -0.05) is 46.1 Å². The van der Waals surface area contributed by atoms with Crippen LogP contribution in [-0.2, 0) is 0 Å². The standard InChI is InChI=1S/C13H12BrCl2N3O/c1-2-5-17-13-18-7-10(16)12(19-13)20-11-6-8(14)3-4-9(11)15/h3-4,6-7H,2,5H2,1H3,(H,17,18,19). The molecule has 1 aromatic carbocycles. The molecule has 0 atom stereocenters. The van der Waals surface area contributed by atoms with Gasteiger partial charge in [0.2, 0.25) is 11.8 Å². The van der Waals surface area contributed by atoms with Crippen LogP contribution in [0.2, 0.25) is 10.0 Å². The summed E-state index contributed by atoms with van der Waals surface area (Å²) >= 11 is 15.5. The van der Waals surface area contributed by atoms with Crippen LogP contribution >= 0.6 is 39.1 Å². The van der Waals surface area contributed by atoms with Gasteiger partial charge in [0.1, 0.15) is 10.8 Å². The Bertz CT molecular complexity index is 610. The van der Waals surface area contributed by atoms with Crippen molar-refractivity contribution in [2.24, 2.45) is 0 Å². The zero-order valence-corrected chi connectivity index (χ0v) is 13.8. The second-order valence-corrected chi connectivity index (χ2v) is 5.68. The van der Waals surface area contributed by atoms with Gasteiger partial charge in [-0.2, -0.15) is 4.98 Å². The maximum atomic E-state index is 6.07. The third-order valence-corrected chi connectivity index (χ3v) is 3.41. The van der Waals surface area contributed by atoms with Gasteiger partial charge >= 0.3 is 0 Å². The number of hydrogen-bond donors (Lipinski definition) is 1. The first-order valence-corrected chi connectivity index (χ1v) is 7.54. The van der Waals surface area contributed by atoms with Crippen molar-refractivity contribution in [3.05, 3.63) is 38.9 Å². The minimum absolute atomic E-state index is 0.264. The molecular weight excluding hydrogens is 365 g/mol. The summed E-state index contributed by atoms with van der Waals surface area (Å²) in [5, 5.41) is 3.87. The number of halogens is 3. The Labute approximate surface area is 135 Å². The minimum Gasteiger partial charge on any atom is -0.436 e. The highest BCUT2D eigenvalue weighted by Gasteiger charge is 2.10. The van der Waals surface area contributed by atoms with Crippen molar-refractivity contribution in [2.75, 3.05) is 11.9 Å². The van der Waals surface area contributed by atoms with E-state index in [4.69, 9.17) is 27.9 Å². The van der Waals surface area contributed by atoms with Gasteiger partial charge in [-0.25, -0.2) is 4.98 Å². The van der Waals surface area contributed by atoms with Gasteiger partial charge in [0.05, 0.1) is 11.2 Å². The molecule has 0 radical (unpaired) electrons. The lowest BCUT2D eigenvalue weighted by Crippen LogP contribution is -2.05. The molecule has 0 saturated heterocycles. The molecular formula is C13H12BrCl2N3O. The first-order valence-electron chi connectivity index (χ1n) is 5.99. The van der Waals surface area contributed by atoms with Gasteiger partial charge in [0.15, 0.2) is 0 Å². The molecule has 0 fully saturated rings. The molecule has 0 bridgehead atoms. The van der Waals surface area contributed by atoms with E-state index >= 15 is 0 Å². The summed E-state index contributed by atoms with van der Waals surface area (Å²) in [6.07, 6.45) is 2.47. The quantitative estimate of drug-likeness (QED) is 0.782. The fourth-order valence-corrected chi connectivity index (χ4v) is 2.03. The van der Waals surface area contributed by atoms with Gasteiger partial charge in [0.25, 0.3) is 0 Å². The van der Waals surface area contributed by atoms with Crippen molar-refractivity contribution < 1.29 is 4.74 Å². The number of aromatic nitrogens is 2. The summed E-state index contributed by atoms with van der Waals surface area (Å²) in [6.45, 7) is 2.83. The lowest BCUT2D eigenvalue weighted by Gasteiger charge is -2.10. The molecule has 1 N–H and O–H groups in total. The molecule has 20 heavy (non-hydrogen) atoms. The summed E-state index contributed by atoms with van der Waals surface area (Å²) < 4.78 is 6.51. The Hall–Kier alpha value is -1.04. The Kier molecular flexibility index (Phi) is 5.46. The second-order valence-electron chi connectivity index (χ2n) is 3.95. The van der Waals surface area contributed by atoms with Crippen molar-refractivity contribution in [3.8, 4) is 11.6 Å². The summed E-state index contributed by atoms with van der Waals surface area (Å²) in [6, 6.07) is 5.30. The van der Waals surface area contributed by atoms with Crippen molar-refractivity contribution in [1.29, 1.82) is 0 Å². The molecule has 0 unspecified atom stereocenters. The van der Waals surface area contributed by atoms with Crippen LogP contribution in [0.25, 0.3) is 0 Å². The highest BCUT2D eigenvalue weighted by atomic mass is 79.9. The lowest BCUT2D eigenvalue weighted by atomic mass is 10.3. The maximum absolute atomic E-state index is 6.07. The van der Waals surface area contributed by atoms with E-state index in [9.17, 15) is 0 Å². The largest absolute Gasteiger partial charge is 0.436 e. The smallest absolute Gasteiger partial charge is 0.243 e. The van der Waals surface area contributed by atoms with Crippen molar-refractivity contribution in [3.63, 3.8) is 0 Å². The molecule has 0 aliphatic heterocycles. The van der Waals surface area contributed by atoms with Crippen LogP contribution < -0.4 is 10.1 Å². The zero-order valence-electron chi connectivity index (χ0n) is 10.7. The van der Waals surface area contributed by atoms with Crippen LogP contribution in [0.3, 0.4) is 0 Å². The number of ether oxygens (including phenoxy) is 1. The summed E-state index contributed by atoms with van der Waals surface area (Å²) in [5.41, 5.74) is 0. The zero-order chi connectivity index (χ0) is 14.5. The van der Waals surface area contributed by atoms with Gasteiger partial charge in [0, 0.05) is 11.0 Å². The predicted molar refractivity (Wildman–Crippen MR) is 85.0 cm³/mol. The molecule has 0 aliphatic rings. The predicted octanol–water partition coefficient (Wildman–Crippen LogP) is 5.16. The van der Waals surface area contributed by atoms with Gasteiger partial charge in [-0.3, -0.25) is 0 Å². The Morgan fingerprint density at radius 2 is 2.10 bits per heavy atom. The average Bonchev–Trinajstić information content (AvgIpc) is 2.43. The lowest BCUT2D eigenvalue weighted by molar-refractivity contribution is 0.462. The molecule has 0 saturated carbocycles. The first kappa shape index (κ1) is 15.4. The van der Waals surface area contributed by atoms with E-state index in [2.05, 4.69) is 38.1 Å². The Balaban J connectivity index is 2.25. The van der Waals surface area contributed by atoms with E-state index in [-0.39, 0.29) is 5.88 Å². The SMILES string of the molecule is CCCNc1ncc(Cl)c(Oc2cc(Br)ccc2Cl)n1. The number of hydrogen-bond acceptors (Lipinski definition) is 4. The number of rotatable bonds is 5. The van der Waals surface area contributed by atoms with Gasteiger partial charge < -0.3 is 10.1 Å². The number of benzene rings is 1. The minimum atomic E-state index is 0.264. The molecule has 2 rings (SSSR count). The monoisotopic (exact) mass is 375 g/mol. The van der Waals surface area contributed by atoms with E-state index in [1.807, 2.05) is 6.07 Å².